The van der Waals surface area contributed by atoms with Gasteiger partial charge in [-0.3, -0.25) is 0 Å². The summed E-state index contributed by atoms with van der Waals surface area (Å²) in [5.41, 5.74) is -0.500. The van der Waals surface area contributed by atoms with Gasteiger partial charge in [0.2, 0.25) is 0 Å². The molecule has 0 aromatic heterocycles. The molecule has 1 N–H and O–H groups in total. The Morgan fingerprint density at radius 2 is 1.11 bits per heavy atom. The SMILES string of the molecule is CC(C)(C)O.[O]=[Cr](=[O])=[O]. The Morgan fingerprint density at radius 1 is 1.11 bits per heavy atom. The van der Waals surface area contributed by atoms with E-state index >= 15 is 0 Å². The standard InChI is InChI=1S/C4H10O.Cr.3O/c1-4(2,3)5;;;;/h5H,1-3H3;;;;. The van der Waals surface area contributed by atoms with E-state index in [2.05, 4.69) is 0 Å². The fraction of sp³-hybridized carbons (Fsp3) is 1.00. The Balaban J connectivity index is 0. The Labute approximate surface area is 57.5 Å². The molecule has 4 nitrogen and oxygen atoms in total. The third kappa shape index (κ3) is 23700. The van der Waals surface area contributed by atoms with Crippen molar-refractivity contribution in [2.75, 3.05) is 0 Å². The molecule has 0 saturated carbocycles. The van der Waals surface area contributed by atoms with Gasteiger partial charge in [0.15, 0.2) is 0 Å². The Bertz CT molecular complexity index is 134. The van der Waals surface area contributed by atoms with Crippen LogP contribution >= 0.6 is 0 Å². The maximum absolute atomic E-state index is 8.54. The van der Waals surface area contributed by atoms with Crippen LogP contribution in [0.15, 0.2) is 0 Å². The van der Waals surface area contributed by atoms with Crippen LogP contribution < -0.4 is 0 Å². The first kappa shape index (κ1) is 11.7. The molecule has 0 spiro atoms. The molecule has 0 unspecified atom stereocenters. The van der Waals surface area contributed by atoms with Crippen molar-refractivity contribution in [3.8, 4) is 0 Å². The molecule has 0 rings (SSSR count). The summed E-state index contributed by atoms with van der Waals surface area (Å²) in [4.78, 5) is 0. The van der Waals surface area contributed by atoms with Crippen LogP contribution in [0.1, 0.15) is 20.8 Å². The molecule has 0 aliphatic rings. The predicted octanol–water partition coefficient (Wildman–Crippen LogP) is 0.418. The molecule has 9 heavy (non-hydrogen) atoms. The normalized spacial score (nSPS) is 9.33. The van der Waals surface area contributed by atoms with E-state index in [1.54, 1.807) is 20.8 Å². The fourth-order valence-electron chi connectivity index (χ4n) is 0. The van der Waals surface area contributed by atoms with Crippen molar-refractivity contribution in [2.24, 2.45) is 0 Å². The summed E-state index contributed by atoms with van der Waals surface area (Å²) in [5, 5.41) is 8.52. The molecule has 56 valence electrons. The minimum absolute atomic E-state index is 0.500. The van der Waals surface area contributed by atoms with Crippen molar-refractivity contribution in [2.45, 2.75) is 26.4 Å². The van der Waals surface area contributed by atoms with Crippen LogP contribution in [0.25, 0.3) is 0 Å². The summed E-state index contributed by atoms with van der Waals surface area (Å²) in [6.07, 6.45) is 0. The van der Waals surface area contributed by atoms with Gasteiger partial charge in [0.05, 0.1) is 5.60 Å². The van der Waals surface area contributed by atoms with E-state index in [1.807, 2.05) is 0 Å². The first-order valence-corrected chi connectivity index (χ1v) is 3.79. The van der Waals surface area contributed by atoms with Crippen molar-refractivity contribution in [3.63, 3.8) is 0 Å². The summed E-state index contributed by atoms with van der Waals surface area (Å²) in [7, 11) is 0. The van der Waals surface area contributed by atoms with Crippen molar-refractivity contribution in [1.29, 1.82) is 0 Å². The van der Waals surface area contributed by atoms with Gasteiger partial charge >= 0.3 is 25.4 Å². The molecule has 0 radical (unpaired) electrons. The average molecular weight is 174 g/mol. The fourth-order valence-corrected chi connectivity index (χ4v) is 0. The molecule has 0 aromatic rings. The Kier molecular flexibility index (Phi) is 6.14. The van der Waals surface area contributed by atoms with E-state index in [0.29, 0.717) is 0 Å². The molecule has 0 amide bonds. The number of hydrogen-bond donors (Lipinski definition) is 1. The van der Waals surface area contributed by atoms with Gasteiger partial charge in [-0.25, -0.2) is 0 Å². The van der Waals surface area contributed by atoms with Crippen molar-refractivity contribution in [3.05, 3.63) is 0 Å². The van der Waals surface area contributed by atoms with E-state index in [0.717, 1.165) is 0 Å². The van der Waals surface area contributed by atoms with Gasteiger partial charge in [0, 0.05) is 0 Å². The van der Waals surface area contributed by atoms with Crippen molar-refractivity contribution < 1.29 is 30.5 Å². The average Bonchev–Trinajstić information content (AvgIpc) is 1.19. The summed E-state index contributed by atoms with van der Waals surface area (Å²) in [6, 6.07) is 0. The van der Waals surface area contributed by atoms with E-state index in [-0.39, 0.29) is 0 Å². The van der Waals surface area contributed by atoms with Crippen molar-refractivity contribution in [1.82, 2.24) is 0 Å². The minimum atomic E-state index is -3.79. The van der Waals surface area contributed by atoms with Crippen LogP contribution in [-0.4, -0.2) is 10.7 Å². The zero-order valence-electron chi connectivity index (χ0n) is 5.58. The summed E-state index contributed by atoms with van der Waals surface area (Å²) in [6.45, 7) is 5.23. The monoisotopic (exact) mass is 174 g/mol. The van der Waals surface area contributed by atoms with Crippen LogP contribution in [0.4, 0.5) is 0 Å². The van der Waals surface area contributed by atoms with Crippen LogP contribution in [0.3, 0.4) is 0 Å². The first-order chi connectivity index (χ1) is 3.73. The third-order valence-corrected chi connectivity index (χ3v) is 0. The van der Waals surface area contributed by atoms with E-state index in [9.17, 15) is 0 Å². The molecule has 0 fully saturated rings. The second kappa shape index (κ2) is 4.74. The molecule has 0 atom stereocenters. The van der Waals surface area contributed by atoms with Crippen molar-refractivity contribution >= 4 is 0 Å². The molecule has 5 heteroatoms. The number of aliphatic hydroxyl groups is 1. The topological polar surface area (TPSA) is 71.4 Å². The van der Waals surface area contributed by atoms with Gasteiger partial charge in [-0.2, -0.15) is 0 Å². The molecule has 0 saturated heterocycles. The Morgan fingerprint density at radius 3 is 1.11 bits per heavy atom. The molecular weight excluding hydrogens is 164 g/mol. The van der Waals surface area contributed by atoms with Gasteiger partial charge in [-0.15, -0.1) is 0 Å². The molecule has 0 bridgehead atoms. The zero-order chi connectivity index (χ0) is 8.08. The summed E-state index contributed by atoms with van der Waals surface area (Å²) < 4.78 is 25.6. The molecule has 0 aliphatic heterocycles. The van der Waals surface area contributed by atoms with E-state index in [1.165, 1.54) is 0 Å². The maximum atomic E-state index is 8.54. The van der Waals surface area contributed by atoms with Gasteiger partial charge in [-0.05, 0) is 20.8 Å². The molecular formula is C4H10CrO4. The zero-order valence-corrected chi connectivity index (χ0v) is 6.86. The number of rotatable bonds is 0. The van der Waals surface area contributed by atoms with E-state index < -0.39 is 19.6 Å². The predicted molar refractivity (Wildman–Crippen MR) is 24.0 cm³/mol. The van der Waals surface area contributed by atoms with Gasteiger partial charge < -0.3 is 5.11 Å². The van der Waals surface area contributed by atoms with Crippen LogP contribution in [0.5, 0.6) is 0 Å². The molecule has 0 heterocycles. The van der Waals surface area contributed by atoms with E-state index in [4.69, 9.17) is 16.5 Å². The van der Waals surface area contributed by atoms with Crippen LogP contribution in [0, 0.1) is 0 Å². The second-order valence-electron chi connectivity index (χ2n) is 2.37. The van der Waals surface area contributed by atoms with Gasteiger partial charge in [0.1, 0.15) is 0 Å². The quantitative estimate of drug-likeness (QED) is 0.577. The third-order valence-electron chi connectivity index (χ3n) is 0. The Hall–Kier alpha value is -0.108. The van der Waals surface area contributed by atoms with Crippen LogP contribution in [0.2, 0.25) is 0 Å². The molecule has 0 aliphatic carbocycles. The van der Waals surface area contributed by atoms with Gasteiger partial charge in [0.25, 0.3) is 0 Å². The van der Waals surface area contributed by atoms with Gasteiger partial charge in [-0.1, -0.05) is 0 Å². The second-order valence-corrected chi connectivity index (χ2v) is 3.01. The first-order valence-electron chi connectivity index (χ1n) is 2.22. The summed E-state index contributed by atoms with van der Waals surface area (Å²) >= 11 is -3.79. The molecule has 0 aromatic carbocycles. The van der Waals surface area contributed by atoms with Crippen LogP contribution in [-0.2, 0) is 25.4 Å². The number of hydrogen-bond acceptors (Lipinski definition) is 4. The summed E-state index contributed by atoms with van der Waals surface area (Å²) in [5.74, 6) is 0.